The Hall–Kier alpha value is -1.22. The predicted molar refractivity (Wildman–Crippen MR) is 59.2 cm³/mol. The van der Waals surface area contributed by atoms with Gasteiger partial charge < -0.3 is 4.98 Å². The third kappa shape index (κ3) is 1.55. The first kappa shape index (κ1) is 9.34. The van der Waals surface area contributed by atoms with E-state index in [9.17, 15) is 0 Å². The van der Waals surface area contributed by atoms with Crippen molar-refractivity contribution in [1.29, 1.82) is 0 Å². The first-order chi connectivity index (χ1) is 6.83. The Morgan fingerprint density at radius 3 is 2.86 bits per heavy atom. The molecule has 1 N–H and O–H groups in total. The average Bonchev–Trinajstić information content (AvgIpc) is 2.66. The molecule has 0 saturated heterocycles. The van der Waals surface area contributed by atoms with Crippen molar-refractivity contribution >= 4 is 11.8 Å². The standard InChI is InChI=1S/C11H12N2S/c1-13-6-4-3-5-10(13)9-7-12-8-11(9)14-2/h3-8H,1-2H3/p+1. The van der Waals surface area contributed by atoms with Crippen molar-refractivity contribution in [2.45, 2.75) is 4.90 Å². The van der Waals surface area contributed by atoms with Gasteiger partial charge >= 0.3 is 0 Å². The Kier molecular flexibility index (Phi) is 2.59. The van der Waals surface area contributed by atoms with E-state index in [1.54, 1.807) is 11.8 Å². The van der Waals surface area contributed by atoms with Crippen LogP contribution in [0.4, 0.5) is 0 Å². The molecule has 3 heteroatoms. The van der Waals surface area contributed by atoms with Crippen molar-refractivity contribution in [3.63, 3.8) is 0 Å². The van der Waals surface area contributed by atoms with E-state index in [2.05, 4.69) is 41.2 Å². The molecule has 0 aromatic carbocycles. The number of aromatic amines is 1. The zero-order chi connectivity index (χ0) is 9.97. The summed E-state index contributed by atoms with van der Waals surface area (Å²) < 4.78 is 2.13. The zero-order valence-electron chi connectivity index (χ0n) is 8.32. The van der Waals surface area contributed by atoms with Gasteiger partial charge in [0.2, 0.25) is 5.69 Å². The highest BCUT2D eigenvalue weighted by atomic mass is 32.2. The summed E-state index contributed by atoms with van der Waals surface area (Å²) >= 11 is 1.76. The molecule has 0 bridgehead atoms. The Morgan fingerprint density at radius 2 is 2.14 bits per heavy atom. The fourth-order valence-corrected chi connectivity index (χ4v) is 2.09. The smallest absolute Gasteiger partial charge is 0.214 e. The van der Waals surface area contributed by atoms with Gasteiger partial charge in [0.15, 0.2) is 6.20 Å². The molecule has 0 saturated carbocycles. The largest absolute Gasteiger partial charge is 0.366 e. The molecule has 0 fully saturated rings. The van der Waals surface area contributed by atoms with Crippen molar-refractivity contribution < 1.29 is 4.57 Å². The Labute approximate surface area is 88.0 Å². The van der Waals surface area contributed by atoms with Crippen LogP contribution < -0.4 is 4.57 Å². The van der Waals surface area contributed by atoms with Crippen molar-refractivity contribution in [1.82, 2.24) is 4.98 Å². The number of pyridine rings is 1. The van der Waals surface area contributed by atoms with Crippen LogP contribution in [0.1, 0.15) is 0 Å². The fourth-order valence-electron chi connectivity index (χ4n) is 1.52. The van der Waals surface area contributed by atoms with Crippen molar-refractivity contribution in [3.05, 3.63) is 36.8 Å². The van der Waals surface area contributed by atoms with E-state index in [1.165, 1.54) is 16.2 Å². The van der Waals surface area contributed by atoms with Crippen LogP contribution in [0.25, 0.3) is 11.3 Å². The van der Waals surface area contributed by atoms with E-state index in [4.69, 9.17) is 0 Å². The molecule has 0 amide bonds. The lowest BCUT2D eigenvalue weighted by molar-refractivity contribution is -0.660. The molecule has 2 aromatic heterocycles. The van der Waals surface area contributed by atoms with Gasteiger partial charge in [0.25, 0.3) is 0 Å². The minimum atomic E-state index is 1.23. The second-order valence-electron chi connectivity index (χ2n) is 3.13. The van der Waals surface area contributed by atoms with Crippen LogP contribution in [-0.2, 0) is 7.05 Å². The Bertz CT molecular complexity index is 434. The lowest BCUT2D eigenvalue weighted by Gasteiger charge is -1.98. The molecule has 2 rings (SSSR count). The van der Waals surface area contributed by atoms with E-state index in [1.807, 2.05) is 18.5 Å². The summed E-state index contributed by atoms with van der Waals surface area (Å²) in [5, 5.41) is 0. The molecular formula is C11H13N2S+. The van der Waals surface area contributed by atoms with Gasteiger partial charge in [0.1, 0.15) is 7.05 Å². The maximum Gasteiger partial charge on any atom is 0.214 e. The molecule has 0 radical (unpaired) electrons. The average molecular weight is 205 g/mol. The minimum Gasteiger partial charge on any atom is -0.366 e. The monoisotopic (exact) mass is 205 g/mol. The summed E-state index contributed by atoms with van der Waals surface area (Å²) in [6.07, 6.45) is 8.23. The first-order valence-corrected chi connectivity index (χ1v) is 5.71. The van der Waals surface area contributed by atoms with Gasteiger partial charge in [0, 0.05) is 29.4 Å². The van der Waals surface area contributed by atoms with Crippen molar-refractivity contribution in [2.24, 2.45) is 7.05 Å². The topological polar surface area (TPSA) is 19.7 Å². The highest BCUT2D eigenvalue weighted by Gasteiger charge is 2.12. The van der Waals surface area contributed by atoms with Gasteiger partial charge in [0.05, 0.1) is 5.56 Å². The first-order valence-electron chi connectivity index (χ1n) is 4.48. The highest BCUT2D eigenvalue weighted by Crippen LogP contribution is 2.27. The quantitative estimate of drug-likeness (QED) is 0.588. The summed E-state index contributed by atoms with van der Waals surface area (Å²) in [5.41, 5.74) is 2.50. The molecule has 0 aliphatic heterocycles. The van der Waals surface area contributed by atoms with Crippen LogP contribution in [0.5, 0.6) is 0 Å². The van der Waals surface area contributed by atoms with E-state index in [0.717, 1.165) is 0 Å². The van der Waals surface area contributed by atoms with Gasteiger partial charge in [-0.25, -0.2) is 4.57 Å². The van der Waals surface area contributed by atoms with Crippen LogP contribution in [0, 0.1) is 0 Å². The number of aryl methyl sites for hydroxylation is 1. The summed E-state index contributed by atoms with van der Waals surface area (Å²) in [6, 6.07) is 6.23. The number of thioether (sulfide) groups is 1. The molecule has 2 heterocycles. The molecule has 0 aliphatic carbocycles. The van der Waals surface area contributed by atoms with E-state index in [-0.39, 0.29) is 0 Å². The highest BCUT2D eigenvalue weighted by molar-refractivity contribution is 7.98. The summed E-state index contributed by atoms with van der Waals surface area (Å²) in [7, 11) is 2.06. The lowest BCUT2D eigenvalue weighted by Crippen LogP contribution is -2.29. The van der Waals surface area contributed by atoms with Gasteiger partial charge in [-0.2, -0.15) is 0 Å². The number of aromatic nitrogens is 2. The van der Waals surface area contributed by atoms with Gasteiger partial charge in [-0.3, -0.25) is 0 Å². The number of hydrogen-bond donors (Lipinski definition) is 1. The lowest BCUT2D eigenvalue weighted by atomic mass is 10.2. The van der Waals surface area contributed by atoms with Crippen LogP contribution in [0.3, 0.4) is 0 Å². The maximum absolute atomic E-state index is 3.14. The molecule has 0 spiro atoms. The van der Waals surface area contributed by atoms with E-state index < -0.39 is 0 Å². The van der Waals surface area contributed by atoms with Crippen LogP contribution in [-0.4, -0.2) is 11.2 Å². The minimum absolute atomic E-state index is 1.23. The van der Waals surface area contributed by atoms with Crippen molar-refractivity contribution in [2.75, 3.05) is 6.26 Å². The van der Waals surface area contributed by atoms with Crippen LogP contribution in [0.2, 0.25) is 0 Å². The predicted octanol–water partition coefficient (Wildman–Crippen LogP) is 2.23. The SMILES string of the molecule is CSc1c[nH]cc1-c1cccc[n+]1C. The number of H-pyrrole nitrogens is 1. The fraction of sp³-hybridized carbons (Fsp3) is 0.182. The maximum atomic E-state index is 3.14. The summed E-state index contributed by atoms with van der Waals surface area (Å²) in [6.45, 7) is 0. The summed E-state index contributed by atoms with van der Waals surface area (Å²) in [5.74, 6) is 0. The van der Waals surface area contributed by atoms with Gasteiger partial charge in [-0.05, 0) is 12.3 Å². The second kappa shape index (κ2) is 3.88. The van der Waals surface area contributed by atoms with Crippen LogP contribution in [0.15, 0.2) is 41.7 Å². The zero-order valence-corrected chi connectivity index (χ0v) is 9.14. The third-order valence-electron chi connectivity index (χ3n) is 2.26. The number of rotatable bonds is 2. The molecule has 2 aromatic rings. The van der Waals surface area contributed by atoms with Crippen LogP contribution >= 0.6 is 11.8 Å². The number of hydrogen-bond acceptors (Lipinski definition) is 1. The van der Waals surface area contributed by atoms with Crippen molar-refractivity contribution in [3.8, 4) is 11.3 Å². The Morgan fingerprint density at radius 1 is 1.29 bits per heavy atom. The molecule has 0 aliphatic rings. The molecular weight excluding hydrogens is 192 g/mol. The van der Waals surface area contributed by atoms with E-state index >= 15 is 0 Å². The summed E-state index contributed by atoms with van der Waals surface area (Å²) in [4.78, 5) is 4.42. The molecule has 0 unspecified atom stereocenters. The molecule has 0 atom stereocenters. The van der Waals surface area contributed by atoms with Gasteiger partial charge in [-0.1, -0.05) is 0 Å². The second-order valence-corrected chi connectivity index (χ2v) is 3.98. The molecule has 2 nitrogen and oxygen atoms in total. The van der Waals surface area contributed by atoms with Gasteiger partial charge in [-0.15, -0.1) is 11.8 Å². The number of nitrogens with zero attached hydrogens (tertiary/aromatic N) is 1. The van der Waals surface area contributed by atoms with E-state index in [0.29, 0.717) is 0 Å². The molecule has 14 heavy (non-hydrogen) atoms. The number of nitrogens with one attached hydrogen (secondary N) is 1. The third-order valence-corrected chi connectivity index (χ3v) is 3.04. The normalized spacial score (nSPS) is 10.4. The Balaban J connectivity index is 2.54. The molecule has 72 valence electrons.